The Hall–Kier alpha value is -2.01. The van der Waals surface area contributed by atoms with Gasteiger partial charge in [0.15, 0.2) is 11.5 Å². The Labute approximate surface area is 148 Å². The Morgan fingerprint density at radius 3 is 2.36 bits per heavy atom. The highest BCUT2D eigenvalue weighted by Gasteiger charge is 2.40. The smallest absolute Gasteiger partial charge is 0.338 e. The van der Waals surface area contributed by atoms with Crippen molar-refractivity contribution in [2.75, 3.05) is 40.5 Å². The molecule has 3 heterocycles. The molecule has 0 unspecified atom stereocenters. The molecule has 3 saturated heterocycles. The fourth-order valence-electron chi connectivity index (χ4n) is 4.27. The second-order valence-corrected chi connectivity index (χ2v) is 7.35. The Morgan fingerprint density at radius 1 is 1.08 bits per heavy atom. The average Bonchev–Trinajstić information content (AvgIpc) is 3.09. The molecule has 5 heteroatoms. The van der Waals surface area contributed by atoms with Crippen LogP contribution in [0.25, 0.3) is 5.57 Å². The van der Waals surface area contributed by atoms with Crippen molar-refractivity contribution in [2.24, 2.45) is 5.41 Å². The monoisotopic (exact) mass is 343 g/mol. The molecular weight excluding hydrogens is 318 g/mol. The first-order valence-electron chi connectivity index (χ1n) is 8.99. The van der Waals surface area contributed by atoms with Crippen molar-refractivity contribution in [1.29, 1.82) is 0 Å². The van der Waals surface area contributed by atoms with E-state index in [1.165, 1.54) is 0 Å². The number of methoxy groups -OCH3 is 2. The summed E-state index contributed by atoms with van der Waals surface area (Å²) in [6.07, 6.45) is 6.09. The van der Waals surface area contributed by atoms with Crippen molar-refractivity contribution in [3.8, 4) is 11.5 Å². The Kier molecular flexibility index (Phi) is 4.20. The summed E-state index contributed by atoms with van der Waals surface area (Å²) in [7, 11) is 3.23. The fraction of sp³-hybridized carbons (Fsp3) is 0.550. The maximum absolute atomic E-state index is 12.7. The minimum absolute atomic E-state index is 0.198. The van der Waals surface area contributed by atoms with Crippen LogP contribution in [0, 0.1) is 5.41 Å². The van der Waals surface area contributed by atoms with Crippen LogP contribution in [0.15, 0.2) is 18.2 Å². The Bertz CT molecular complexity index is 703. The zero-order chi connectivity index (χ0) is 17.4. The summed E-state index contributed by atoms with van der Waals surface area (Å²) in [6.45, 7) is 3.96. The minimum atomic E-state index is -0.214. The number of hydrogen-bond acceptors (Lipinski definition) is 5. The quantitative estimate of drug-likeness (QED) is 0.769. The molecule has 3 fully saturated rings. The molecule has 0 atom stereocenters. The van der Waals surface area contributed by atoms with Gasteiger partial charge in [0, 0.05) is 5.41 Å². The van der Waals surface area contributed by atoms with Gasteiger partial charge in [0.2, 0.25) is 0 Å². The number of hydrogen-bond donors (Lipinski definition) is 0. The molecule has 1 aliphatic carbocycles. The van der Waals surface area contributed by atoms with Crippen molar-refractivity contribution in [2.45, 2.75) is 25.7 Å². The van der Waals surface area contributed by atoms with Crippen LogP contribution in [0.1, 0.15) is 30.4 Å². The summed E-state index contributed by atoms with van der Waals surface area (Å²) in [5.41, 5.74) is 2.83. The van der Waals surface area contributed by atoms with Gasteiger partial charge in [0.25, 0.3) is 0 Å². The van der Waals surface area contributed by atoms with Crippen LogP contribution < -0.4 is 9.47 Å². The number of carbonyl (C=O) groups excluding carboxylic acids is 1. The summed E-state index contributed by atoms with van der Waals surface area (Å²) in [6, 6.07) is 3.83. The molecule has 0 spiro atoms. The number of carbonyl (C=O) groups is 1. The summed E-state index contributed by atoms with van der Waals surface area (Å²) in [5.74, 6) is 1.12. The molecule has 5 nitrogen and oxygen atoms in total. The highest BCUT2D eigenvalue weighted by atomic mass is 16.5. The zero-order valence-electron chi connectivity index (χ0n) is 15.0. The number of rotatable bonds is 5. The van der Waals surface area contributed by atoms with Gasteiger partial charge in [0.1, 0.15) is 0 Å². The molecule has 1 aromatic carbocycles. The van der Waals surface area contributed by atoms with Crippen molar-refractivity contribution >= 4 is 11.5 Å². The molecule has 25 heavy (non-hydrogen) atoms. The van der Waals surface area contributed by atoms with Crippen LogP contribution in [0.5, 0.6) is 11.5 Å². The van der Waals surface area contributed by atoms with E-state index in [2.05, 4.69) is 4.90 Å². The molecule has 0 saturated carbocycles. The zero-order valence-corrected chi connectivity index (χ0v) is 15.0. The van der Waals surface area contributed by atoms with Crippen molar-refractivity contribution in [3.63, 3.8) is 0 Å². The van der Waals surface area contributed by atoms with E-state index in [1.807, 2.05) is 18.2 Å². The number of piperidine rings is 3. The highest BCUT2D eigenvalue weighted by molar-refractivity contribution is 6.18. The maximum Gasteiger partial charge on any atom is 0.338 e. The standard InChI is InChI=1S/C20H25NO4/c1-23-17-11-14-3-4-15(16(14)12-18(17)24-2)19(22)25-13-20-5-8-21(9-6-20)10-7-20/h4,11-12H,3,5-10,13H2,1-2H3. The molecule has 0 amide bonds. The van der Waals surface area contributed by atoms with Gasteiger partial charge in [-0.25, -0.2) is 4.79 Å². The third kappa shape index (κ3) is 2.91. The summed E-state index contributed by atoms with van der Waals surface area (Å²) in [5, 5.41) is 0. The van der Waals surface area contributed by atoms with Gasteiger partial charge < -0.3 is 19.1 Å². The van der Waals surface area contributed by atoms with Crippen LogP contribution in [-0.2, 0) is 16.0 Å². The lowest BCUT2D eigenvalue weighted by Crippen LogP contribution is -2.50. The van der Waals surface area contributed by atoms with Gasteiger partial charge in [0.05, 0.1) is 26.4 Å². The predicted octanol–water partition coefficient (Wildman–Crippen LogP) is 2.67. The Balaban J connectivity index is 1.47. The molecule has 4 aliphatic rings. The number of allylic oxidation sites excluding steroid dienone is 1. The van der Waals surface area contributed by atoms with Crippen molar-refractivity contribution < 1.29 is 19.0 Å². The number of ether oxygens (including phenoxy) is 3. The first-order chi connectivity index (χ1) is 12.1. The maximum atomic E-state index is 12.7. The first-order valence-corrected chi connectivity index (χ1v) is 8.99. The minimum Gasteiger partial charge on any atom is -0.493 e. The van der Waals surface area contributed by atoms with E-state index >= 15 is 0 Å². The summed E-state index contributed by atoms with van der Waals surface area (Å²) in [4.78, 5) is 15.2. The molecular formula is C20H25NO4. The van der Waals surface area contributed by atoms with Gasteiger partial charge in [-0.2, -0.15) is 0 Å². The fourth-order valence-corrected chi connectivity index (χ4v) is 4.27. The SMILES string of the molecule is COc1cc2c(cc1OC)C(C(=O)OCC13CCN(CC1)CC3)=CC2. The van der Waals surface area contributed by atoms with Crippen molar-refractivity contribution in [3.05, 3.63) is 29.3 Å². The molecule has 2 bridgehead atoms. The first kappa shape index (κ1) is 16.5. The van der Waals surface area contributed by atoms with E-state index in [1.54, 1.807) is 14.2 Å². The van der Waals surface area contributed by atoms with Crippen LogP contribution >= 0.6 is 0 Å². The summed E-state index contributed by atoms with van der Waals surface area (Å²) < 4.78 is 16.5. The number of nitrogens with zero attached hydrogens (tertiary/aromatic N) is 1. The third-order valence-corrected chi connectivity index (χ3v) is 6.03. The molecule has 0 radical (unpaired) electrons. The number of benzene rings is 1. The van der Waals surface area contributed by atoms with Crippen molar-refractivity contribution in [1.82, 2.24) is 4.90 Å². The summed E-state index contributed by atoms with van der Waals surface area (Å²) >= 11 is 0. The molecule has 0 N–H and O–H groups in total. The predicted molar refractivity (Wildman–Crippen MR) is 94.9 cm³/mol. The third-order valence-electron chi connectivity index (χ3n) is 6.03. The van der Waals surface area contributed by atoms with Gasteiger partial charge in [-0.3, -0.25) is 0 Å². The second-order valence-electron chi connectivity index (χ2n) is 7.35. The second kappa shape index (κ2) is 6.37. The number of esters is 1. The molecule has 3 aliphatic heterocycles. The topological polar surface area (TPSA) is 48.0 Å². The highest BCUT2D eigenvalue weighted by Crippen LogP contribution is 2.41. The molecule has 134 valence electrons. The lowest BCUT2D eigenvalue weighted by atomic mass is 9.73. The molecule has 5 rings (SSSR count). The van der Waals surface area contributed by atoms with Crippen LogP contribution in [-0.4, -0.2) is 51.3 Å². The van der Waals surface area contributed by atoms with Gasteiger partial charge in [-0.15, -0.1) is 0 Å². The van der Waals surface area contributed by atoms with E-state index in [0.29, 0.717) is 23.7 Å². The molecule has 0 aromatic heterocycles. The molecule has 1 aromatic rings. The number of fused-ring (bicyclic) bond motifs is 4. The average molecular weight is 343 g/mol. The largest absolute Gasteiger partial charge is 0.493 e. The van der Waals surface area contributed by atoms with E-state index < -0.39 is 0 Å². The lowest BCUT2D eigenvalue weighted by Gasteiger charge is -2.47. The van der Waals surface area contributed by atoms with Gasteiger partial charge >= 0.3 is 5.97 Å². The van der Waals surface area contributed by atoms with E-state index in [9.17, 15) is 4.79 Å². The normalized spacial score (nSPS) is 26.8. The Morgan fingerprint density at radius 2 is 1.72 bits per heavy atom. The van der Waals surface area contributed by atoms with Crippen LogP contribution in [0.4, 0.5) is 0 Å². The van der Waals surface area contributed by atoms with Crippen LogP contribution in [0.2, 0.25) is 0 Å². The van der Waals surface area contributed by atoms with Gasteiger partial charge in [-0.1, -0.05) is 6.08 Å². The van der Waals surface area contributed by atoms with Gasteiger partial charge in [-0.05, 0) is 68.6 Å². The van der Waals surface area contributed by atoms with E-state index in [0.717, 1.165) is 56.4 Å². The van der Waals surface area contributed by atoms with E-state index in [-0.39, 0.29) is 11.4 Å². The lowest BCUT2D eigenvalue weighted by molar-refractivity contribution is -0.143. The van der Waals surface area contributed by atoms with Crippen LogP contribution in [0.3, 0.4) is 0 Å². The van der Waals surface area contributed by atoms with E-state index in [4.69, 9.17) is 14.2 Å².